The largest absolute Gasteiger partial charge is 0.395 e. The van der Waals surface area contributed by atoms with E-state index in [9.17, 15) is 9.50 Å². The molecule has 20 heavy (non-hydrogen) atoms. The lowest BCUT2D eigenvalue weighted by molar-refractivity contribution is 0.151. The summed E-state index contributed by atoms with van der Waals surface area (Å²) < 4.78 is 15.5. The summed E-state index contributed by atoms with van der Waals surface area (Å²) in [4.78, 5) is 10.7. The molecule has 2 atom stereocenters. The Labute approximate surface area is 117 Å². The third-order valence-corrected chi connectivity index (χ3v) is 3.92. The predicted molar refractivity (Wildman–Crippen MR) is 73.3 cm³/mol. The van der Waals surface area contributed by atoms with Gasteiger partial charge in [-0.3, -0.25) is 9.30 Å². The number of fused-ring (bicyclic) bond motifs is 1. The zero-order valence-corrected chi connectivity index (χ0v) is 11.8. The monoisotopic (exact) mass is 278 g/mol. The molecule has 0 radical (unpaired) electrons. The summed E-state index contributed by atoms with van der Waals surface area (Å²) in [5.41, 5.74) is 2.99. The zero-order valence-electron chi connectivity index (χ0n) is 11.8. The van der Waals surface area contributed by atoms with E-state index in [1.54, 1.807) is 6.20 Å². The summed E-state index contributed by atoms with van der Waals surface area (Å²) in [6.07, 6.45) is 1.34. The van der Waals surface area contributed by atoms with E-state index in [0.29, 0.717) is 25.3 Å². The second-order valence-electron chi connectivity index (χ2n) is 5.52. The van der Waals surface area contributed by atoms with Crippen molar-refractivity contribution in [2.24, 2.45) is 0 Å². The van der Waals surface area contributed by atoms with E-state index in [1.165, 1.54) is 0 Å². The molecule has 0 saturated carbocycles. The minimum Gasteiger partial charge on any atom is -0.395 e. The van der Waals surface area contributed by atoms with Crippen molar-refractivity contribution in [2.75, 3.05) is 13.2 Å². The van der Waals surface area contributed by atoms with E-state index < -0.39 is 6.17 Å². The van der Waals surface area contributed by atoms with Gasteiger partial charge in [0.1, 0.15) is 6.17 Å². The van der Waals surface area contributed by atoms with Gasteiger partial charge in [-0.2, -0.15) is 0 Å². The molecular weight excluding hydrogens is 259 g/mol. The molecule has 6 heteroatoms. The summed E-state index contributed by atoms with van der Waals surface area (Å²) in [7, 11) is 0. The number of aryl methyl sites for hydroxylation is 2. The Bertz CT molecular complexity index is 627. The Morgan fingerprint density at radius 3 is 3.00 bits per heavy atom. The van der Waals surface area contributed by atoms with E-state index in [-0.39, 0.29) is 12.6 Å². The quantitative estimate of drug-likeness (QED) is 0.918. The Kier molecular flexibility index (Phi) is 3.43. The van der Waals surface area contributed by atoms with E-state index >= 15 is 0 Å². The molecule has 108 valence electrons. The number of imidazole rings is 1. The van der Waals surface area contributed by atoms with Crippen molar-refractivity contribution in [3.05, 3.63) is 29.3 Å². The van der Waals surface area contributed by atoms with Crippen molar-refractivity contribution >= 4 is 5.78 Å². The molecule has 2 aromatic rings. The second kappa shape index (κ2) is 5.10. The van der Waals surface area contributed by atoms with Gasteiger partial charge in [0.15, 0.2) is 0 Å². The molecule has 1 aliphatic rings. The maximum absolute atomic E-state index is 13.5. The highest BCUT2D eigenvalue weighted by Gasteiger charge is 2.32. The number of hydrogen-bond acceptors (Lipinski definition) is 4. The van der Waals surface area contributed by atoms with Crippen molar-refractivity contribution < 1.29 is 9.50 Å². The number of aliphatic hydroxyl groups excluding tert-OH is 1. The van der Waals surface area contributed by atoms with Crippen molar-refractivity contribution in [1.29, 1.82) is 0 Å². The topological polar surface area (TPSA) is 53.7 Å². The van der Waals surface area contributed by atoms with E-state index in [4.69, 9.17) is 0 Å². The number of aromatic nitrogens is 3. The molecule has 3 heterocycles. The summed E-state index contributed by atoms with van der Waals surface area (Å²) in [6.45, 7) is 4.90. The maximum atomic E-state index is 13.5. The van der Waals surface area contributed by atoms with Gasteiger partial charge in [-0.15, -0.1) is 0 Å². The third kappa shape index (κ3) is 2.29. The van der Waals surface area contributed by atoms with Crippen LogP contribution in [0.2, 0.25) is 0 Å². The molecule has 5 nitrogen and oxygen atoms in total. The molecule has 0 bridgehead atoms. The molecule has 0 amide bonds. The predicted octanol–water partition coefficient (Wildman–Crippen LogP) is 1.25. The number of rotatable bonds is 3. The third-order valence-electron chi connectivity index (χ3n) is 3.92. The number of aliphatic hydroxyl groups is 1. The van der Waals surface area contributed by atoms with Crippen LogP contribution in [-0.2, 0) is 6.54 Å². The first kappa shape index (κ1) is 13.5. The first-order valence-corrected chi connectivity index (χ1v) is 6.88. The molecule has 0 unspecified atom stereocenters. The average Bonchev–Trinajstić information content (AvgIpc) is 2.93. The molecule has 0 spiro atoms. The highest BCUT2D eigenvalue weighted by atomic mass is 19.1. The lowest BCUT2D eigenvalue weighted by Gasteiger charge is -2.22. The summed E-state index contributed by atoms with van der Waals surface area (Å²) >= 11 is 0. The highest BCUT2D eigenvalue weighted by Crippen LogP contribution is 2.23. The van der Waals surface area contributed by atoms with Gasteiger partial charge in [0.2, 0.25) is 5.78 Å². The zero-order chi connectivity index (χ0) is 14.3. The molecule has 2 aromatic heterocycles. The number of halogens is 1. The highest BCUT2D eigenvalue weighted by molar-refractivity contribution is 5.35. The van der Waals surface area contributed by atoms with Crippen molar-refractivity contribution in [3.8, 4) is 0 Å². The van der Waals surface area contributed by atoms with Gasteiger partial charge in [-0.25, -0.2) is 14.4 Å². The van der Waals surface area contributed by atoms with Gasteiger partial charge in [0.25, 0.3) is 0 Å². The van der Waals surface area contributed by atoms with Gasteiger partial charge >= 0.3 is 0 Å². The fourth-order valence-electron chi connectivity index (χ4n) is 3.02. The fraction of sp³-hybridized carbons (Fsp3) is 0.571. The Morgan fingerprint density at radius 1 is 1.45 bits per heavy atom. The van der Waals surface area contributed by atoms with Gasteiger partial charge in [0.05, 0.1) is 18.5 Å². The van der Waals surface area contributed by atoms with Gasteiger partial charge in [-0.1, -0.05) is 0 Å². The van der Waals surface area contributed by atoms with Crippen LogP contribution in [0.15, 0.2) is 12.3 Å². The van der Waals surface area contributed by atoms with Gasteiger partial charge in [0, 0.05) is 30.5 Å². The van der Waals surface area contributed by atoms with Crippen molar-refractivity contribution in [3.63, 3.8) is 0 Å². The van der Waals surface area contributed by atoms with Crippen LogP contribution in [0.4, 0.5) is 4.39 Å². The minimum absolute atomic E-state index is 0.00645. The first-order chi connectivity index (χ1) is 9.58. The number of alkyl halides is 1. The minimum atomic E-state index is -0.854. The van der Waals surface area contributed by atoms with E-state index in [1.807, 2.05) is 29.2 Å². The molecule has 1 N–H and O–H groups in total. The molecule has 3 rings (SSSR count). The van der Waals surface area contributed by atoms with Crippen LogP contribution < -0.4 is 0 Å². The summed E-state index contributed by atoms with van der Waals surface area (Å²) in [5, 5.41) is 9.34. The van der Waals surface area contributed by atoms with Crippen LogP contribution in [0.1, 0.15) is 23.5 Å². The van der Waals surface area contributed by atoms with Crippen molar-refractivity contribution in [1.82, 2.24) is 19.3 Å². The Morgan fingerprint density at radius 2 is 2.25 bits per heavy atom. The molecule has 0 aliphatic carbocycles. The van der Waals surface area contributed by atoms with E-state index in [2.05, 4.69) is 9.97 Å². The van der Waals surface area contributed by atoms with Crippen LogP contribution in [0, 0.1) is 13.8 Å². The van der Waals surface area contributed by atoms with Crippen LogP contribution in [0.25, 0.3) is 5.78 Å². The molecule has 1 aliphatic heterocycles. The number of hydrogen-bond donors (Lipinski definition) is 1. The van der Waals surface area contributed by atoms with Crippen LogP contribution in [-0.4, -0.2) is 49.7 Å². The maximum Gasteiger partial charge on any atom is 0.234 e. The Hall–Kier alpha value is -1.53. The van der Waals surface area contributed by atoms with E-state index in [0.717, 1.165) is 17.1 Å². The SMILES string of the molecule is Cc1cc(C)n2c(CN3C[C@@H](F)C[C@H]3CO)cnc2n1. The lowest BCUT2D eigenvalue weighted by Crippen LogP contribution is -2.32. The second-order valence-corrected chi connectivity index (χ2v) is 5.52. The smallest absolute Gasteiger partial charge is 0.234 e. The first-order valence-electron chi connectivity index (χ1n) is 6.88. The molecule has 1 fully saturated rings. The summed E-state index contributed by atoms with van der Waals surface area (Å²) in [5.74, 6) is 0.675. The number of likely N-dealkylation sites (tertiary alicyclic amines) is 1. The van der Waals surface area contributed by atoms with Gasteiger partial charge < -0.3 is 5.11 Å². The molecule has 1 saturated heterocycles. The van der Waals surface area contributed by atoms with Crippen LogP contribution in [0.3, 0.4) is 0 Å². The Balaban J connectivity index is 1.91. The molecular formula is C14H19FN4O. The van der Waals surface area contributed by atoms with Crippen LogP contribution in [0.5, 0.6) is 0 Å². The molecule has 0 aromatic carbocycles. The number of nitrogens with zero attached hydrogens (tertiary/aromatic N) is 4. The van der Waals surface area contributed by atoms with Crippen LogP contribution >= 0.6 is 0 Å². The average molecular weight is 278 g/mol. The normalized spacial score (nSPS) is 23.8. The fourth-order valence-corrected chi connectivity index (χ4v) is 3.02. The van der Waals surface area contributed by atoms with Crippen molar-refractivity contribution in [2.45, 2.75) is 39.0 Å². The lowest BCUT2D eigenvalue weighted by atomic mass is 10.2. The standard InChI is InChI=1S/C14H19FN4O/c1-9-3-10(2)19-13(5-16-14(19)17-9)7-18-6-11(15)4-12(18)8-20/h3,5,11-12,20H,4,6-8H2,1-2H3/t11-,12-/m0/s1. The van der Waals surface area contributed by atoms with Gasteiger partial charge in [-0.05, 0) is 26.3 Å². The summed E-state index contributed by atoms with van der Waals surface area (Å²) in [6, 6.07) is 1.90.